The highest BCUT2D eigenvalue weighted by molar-refractivity contribution is 5.88. The van der Waals surface area contributed by atoms with Crippen LogP contribution in [0.5, 0.6) is 0 Å². The van der Waals surface area contributed by atoms with Crippen molar-refractivity contribution in [1.29, 1.82) is 0 Å². The lowest BCUT2D eigenvalue weighted by Crippen LogP contribution is -2.48. The number of aromatic nitrogens is 2. The molecule has 4 rings (SSSR count). The Bertz CT molecular complexity index is 922. The highest BCUT2D eigenvalue weighted by Crippen LogP contribution is 2.18. The zero-order chi connectivity index (χ0) is 20.9. The van der Waals surface area contributed by atoms with E-state index in [1.807, 2.05) is 24.3 Å². The van der Waals surface area contributed by atoms with Gasteiger partial charge in [-0.05, 0) is 43.0 Å². The summed E-state index contributed by atoms with van der Waals surface area (Å²) >= 11 is 0. The van der Waals surface area contributed by atoms with Crippen molar-refractivity contribution in [1.82, 2.24) is 25.1 Å². The van der Waals surface area contributed by atoms with E-state index in [1.54, 1.807) is 17.2 Å². The molecule has 9 heteroatoms. The minimum atomic E-state index is -0.432. The van der Waals surface area contributed by atoms with Gasteiger partial charge in [0.2, 0.25) is 0 Å². The number of nitrogens with zero attached hydrogens (tertiary/aromatic N) is 3. The Kier molecular flexibility index (Phi) is 6.41. The maximum atomic E-state index is 12.5. The number of rotatable bonds is 5. The van der Waals surface area contributed by atoms with Gasteiger partial charge in [-0.25, -0.2) is 9.59 Å². The molecular formula is C21H29N7O2. The van der Waals surface area contributed by atoms with E-state index in [0.717, 1.165) is 50.1 Å². The van der Waals surface area contributed by atoms with Gasteiger partial charge in [-0.1, -0.05) is 12.1 Å². The molecule has 1 aromatic heterocycles. The summed E-state index contributed by atoms with van der Waals surface area (Å²) in [6.07, 6.45) is 4.86. The summed E-state index contributed by atoms with van der Waals surface area (Å²) in [6, 6.07) is 10.0. The summed E-state index contributed by atoms with van der Waals surface area (Å²) in [4.78, 5) is 30.5. The third kappa shape index (κ3) is 5.05. The molecule has 30 heavy (non-hydrogen) atoms. The van der Waals surface area contributed by atoms with Gasteiger partial charge in [0.1, 0.15) is 5.82 Å². The third-order valence-corrected chi connectivity index (χ3v) is 5.73. The number of piperazine rings is 1. The standard InChI is InChI=1S/C21H29N7O2/c22-16-3-4-17(13-16)24-14-15-1-5-18(6-2-15)28-10-7-19(26-21(28)30)25-20(29)27-11-8-23-9-12-27/h1-2,5-7,10,16-17,23-24H,3-4,8-9,11-14,22H2,(H,25,26,29,30). The Labute approximate surface area is 175 Å². The summed E-state index contributed by atoms with van der Waals surface area (Å²) in [5.74, 6) is 0.260. The molecule has 2 atom stereocenters. The monoisotopic (exact) mass is 411 g/mol. The second-order valence-corrected chi connectivity index (χ2v) is 7.95. The molecule has 1 saturated carbocycles. The lowest BCUT2D eigenvalue weighted by atomic mass is 10.1. The van der Waals surface area contributed by atoms with Crippen LogP contribution in [-0.2, 0) is 6.54 Å². The van der Waals surface area contributed by atoms with Crippen LogP contribution in [0.2, 0.25) is 0 Å². The molecule has 9 nitrogen and oxygen atoms in total. The van der Waals surface area contributed by atoms with E-state index in [9.17, 15) is 9.59 Å². The molecule has 1 aromatic carbocycles. The zero-order valence-electron chi connectivity index (χ0n) is 17.0. The number of urea groups is 1. The Hall–Kier alpha value is -2.75. The van der Waals surface area contributed by atoms with Crippen LogP contribution >= 0.6 is 0 Å². The lowest BCUT2D eigenvalue weighted by molar-refractivity contribution is 0.204. The number of hydrogen-bond acceptors (Lipinski definition) is 6. The largest absolute Gasteiger partial charge is 0.354 e. The maximum absolute atomic E-state index is 12.5. The van der Waals surface area contributed by atoms with Crippen molar-refractivity contribution in [2.24, 2.45) is 5.73 Å². The molecule has 2 amide bonds. The number of carbonyl (C=O) groups excluding carboxylic acids is 1. The minimum absolute atomic E-state index is 0.235. The highest BCUT2D eigenvalue weighted by Gasteiger charge is 2.21. The fourth-order valence-electron chi connectivity index (χ4n) is 3.96. The number of nitrogens with one attached hydrogen (secondary N) is 3. The van der Waals surface area contributed by atoms with Gasteiger partial charge in [0, 0.05) is 51.0 Å². The van der Waals surface area contributed by atoms with E-state index in [0.29, 0.717) is 25.2 Å². The molecule has 2 aliphatic rings. The number of nitrogens with two attached hydrogens (primary N) is 1. The van der Waals surface area contributed by atoms with Crippen molar-refractivity contribution in [3.63, 3.8) is 0 Å². The molecule has 0 spiro atoms. The van der Waals surface area contributed by atoms with Gasteiger partial charge in [0.15, 0.2) is 0 Å². The summed E-state index contributed by atoms with van der Waals surface area (Å²) in [6.45, 7) is 3.58. The van der Waals surface area contributed by atoms with Crippen LogP contribution in [0.15, 0.2) is 41.3 Å². The Balaban J connectivity index is 1.36. The average Bonchev–Trinajstić information content (AvgIpc) is 3.19. The number of amides is 2. The van der Waals surface area contributed by atoms with Crippen LogP contribution in [0.4, 0.5) is 10.6 Å². The number of hydrogen-bond donors (Lipinski definition) is 4. The van der Waals surface area contributed by atoms with Crippen LogP contribution in [0.25, 0.3) is 5.69 Å². The third-order valence-electron chi connectivity index (χ3n) is 5.73. The predicted molar refractivity (Wildman–Crippen MR) is 116 cm³/mol. The van der Waals surface area contributed by atoms with Gasteiger partial charge in [0.25, 0.3) is 0 Å². The molecule has 1 aliphatic carbocycles. The van der Waals surface area contributed by atoms with Crippen LogP contribution in [0.1, 0.15) is 24.8 Å². The first-order valence-electron chi connectivity index (χ1n) is 10.5. The first-order valence-corrected chi connectivity index (χ1v) is 10.5. The molecule has 2 aromatic rings. The van der Waals surface area contributed by atoms with Crippen LogP contribution in [0.3, 0.4) is 0 Å². The summed E-state index contributed by atoms with van der Waals surface area (Å²) in [5.41, 5.74) is 7.42. The molecular weight excluding hydrogens is 382 g/mol. The second-order valence-electron chi connectivity index (χ2n) is 7.95. The van der Waals surface area contributed by atoms with Gasteiger partial charge < -0.3 is 21.3 Å². The van der Waals surface area contributed by atoms with E-state index >= 15 is 0 Å². The Morgan fingerprint density at radius 3 is 2.60 bits per heavy atom. The normalized spacial score (nSPS) is 21.6. The van der Waals surface area contributed by atoms with Gasteiger partial charge in [-0.2, -0.15) is 4.98 Å². The molecule has 2 fully saturated rings. The molecule has 2 heterocycles. The molecule has 1 aliphatic heterocycles. The van der Waals surface area contributed by atoms with Crippen molar-refractivity contribution in [3.8, 4) is 5.69 Å². The molecule has 160 valence electrons. The molecule has 0 bridgehead atoms. The number of benzene rings is 1. The summed E-state index contributed by atoms with van der Waals surface area (Å²) in [7, 11) is 0. The molecule has 5 N–H and O–H groups in total. The molecule has 1 saturated heterocycles. The van der Waals surface area contributed by atoms with E-state index < -0.39 is 5.69 Å². The van der Waals surface area contributed by atoms with Crippen LogP contribution in [-0.4, -0.2) is 58.7 Å². The predicted octanol–water partition coefficient (Wildman–Crippen LogP) is 0.639. The minimum Gasteiger partial charge on any atom is -0.328 e. The smallest absolute Gasteiger partial charge is 0.328 e. The van der Waals surface area contributed by atoms with Crippen LogP contribution < -0.4 is 27.4 Å². The van der Waals surface area contributed by atoms with Crippen molar-refractivity contribution < 1.29 is 4.79 Å². The fraction of sp³-hybridized carbons (Fsp3) is 0.476. The second kappa shape index (κ2) is 9.38. The van der Waals surface area contributed by atoms with Crippen molar-refractivity contribution >= 4 is 11.8 Å². The maximum Gasteiger partial charge on any atom is 0.354 e. The van der Waals surface area contributed by atoms with Crippen LogP contribution in [0, 0.1) is 0 Å². The Morgan fingerprint density at radius 2 is 1.93 bits per heavy atom. The molecule has 0 radical (unpaired) electrons. The zero-order valence-corrected chi connectivity index (χ0v) is 17.0. The SMILES string of the molecule is NC1CCC(NCc2ccc(-n3ccc(NC(=O)N4CCNCC4)nc3=O)cc2)C1. The topological polar surface area (TPSA) is 117 Å². The van der Waals surface area contributed by atoms with Gasteiger partial charge >= 0.3 is 11.7 Å². The fourth-order valence-corrected chi connectivity index (χ4v) is 3.96. The first-order chi connectivity index (χ1) is 14.6. The quantitative estimate of drug-likeness (QED) is 0.574. The van der Waals surface area contributed by atoms with E-state index in [-0.39, 0.29) is 11.8 Å². The van der Waals surface area contributed by atoms with E-state index in [1.165, 1.54) is 4.57 Å². The lowest BCUT2D eigenvalue weighted by Gasteiger charge is -2.27. The van der Waals surface area contributed by atoms with Crippen molar-refractivity contribution in [3.05, 3.63) is 52.6 Å². The van der Waals surface area contributed by atoms with E-state index in [2.05, 4.69) is 20.9 Å². The average molecular weight is 412 g/mol. The van der Waals surface area contributed by atoms with Gasteiger partial charge in [-0.15, -0.1) is 0 Å². The first kappa shape index (κ1) is 20.5. The van der Waals surface area contributed by atoms with Crippen molar-refractivity contribution in [2.75, 3.05) is 31.5 Å². The number of carbonyl (C=O) groups is 1. The van der Waals surface area contributed by atoms with E-state index in [4.69, 9.17) is 5.73 Å². The molecule has 2 unspecified atom stereocenters. The van der Waals surface area contributed by atoms with Gasteiger partial charge in [0.05, 0.1) is 5.69 Å². The Morgan fingerprint density at radius 1 is 1.17 bits per heavy atom. The number of anilines is 1. The van der Waals surface area contributed by atoms with Gasteiger partial charge in [-0.3, -0.25) is 9.88 Å². The highest BCUT2D eigenvalue weighted by atomic mass is 16.2. The summed E-state index contributed by atoms with van der Waals surface area (Å²) in [5, 5.41) is 9.44. The van der Waals surface area contributed by atoms with Crippen molar-refractivity contribution in [2.45, 2.75) is 37.9 Å². The summed E-state index contributed by atoms with van der Waals surface area (Å²) < 4.78 is 1.47.